The molecule has 1 saturated heterocycles. The van der Waals surface area contributed by atoms with Gasteiger partial charge in [-0.1, -0.05) is 18.2 Å². The average Bonchev–Trinajstić information content (AvgIpc) is 3.41. The van der Waals surface area contributed by atoms with E-state index in [2.05, 4.69) is 4.98 Å². The number of carbonyl (C=O) groups excluding carboxylic acids is 3. The van der Waals surface area contributed by atoms with Crippen LogP contribution in [0.25, 0.3) is 10.9 Å². The number of esters is 1. The fourth-order valence-electron chi connectivity index (χ4n) is 3.95. The Kier molecular flexibility index (Phi) is 4.82. The van der Waals surface area contributed by atoms with Gasteiger partial charge in [0.25, 0.3) is 0 Å². The van der Waals surface area contributed by atoms with Crippen molar-refractivity contribution in [1.29, 1.82) is 0 Å². The van der Waals surface area contributed by atoms with Gasteiger partial charge in [-0.3, -0.25) is 14.4 Å². The number of aromatic amines is 1. The van der Waals surface area contributed by atoms with E-state index < -0.39 is 11.9 Å². The summed E-state index contributed by atoms with van der Waals surface area (Å²) in [6.07, 6.45) is 1.65. The van der Waals surface area contributed by atoms with E-state index >= 15 is 0 Å². The van der Waals surface area contributed by atoms with E-state index in [1.54, 1.807) is 24.4 Å². The minimum atomic E-state index is -0.628. The van der Waals surface area contributed by atoms with Crippen LogP contribution in [0.4, 0.5) is 5.69 Å². The molecule has 2 aromatic carbocycles. The molecule has 158 valence electrons. The van der Waals surface area contributed by atoms with Gasteiger partial charge in [-0.25, -0.2) is 0 Å². The number of aromatic nitrogens is 1. The summed E-state index contributed by atoms with van der Waals surface area (Å²) in [5.41, 5.74) is 1.96. The molecule has 1 N–H and O–H groups in total. The molecule has 1 atom stereocenters. The van der Waals surface area contributed by atoms with Crippen molar-refractivity contribution in [2.75, 3.05) is 31.3 Å². The second-order valence-corrected chi connectivity index (χ2v) is 7.51. The van der Waals surface area contributed by atoms with Gasteiger partial charge in [0.05, 0.1) is 5.92 Å². The molecule has 2 aliphatic heterocycles. The van der Waals surface area contributed by atoms with Crippen LogP contribution < -0.4 is 14.4 Å². The van der Waals surface area contributed by atoms with Crippen LogP contribution in [0.2, 0.25) is 0 Å². The molecule has 0 aliphatic carbocycles. The van der Waals surface area contributed by atoms with E-state index in [1.165, 1.54) is 4.90 Å². The minimum Gasteiger partial charge on any atom is -0.486 e. The number of hydrogen-bond donors (Lipinski definition) is 1. The summed E-state index contributed by atoms with van der Waals surface area (Å²) in [6, 6.07) is 12.7. The summed E-state index contributed by atoms with van der Waals surface area (Å²) in [5.74, 6) is -0.446. The molecule has 5 rings (SSSR count). The van der Waals surface area contributed by atoms with Crippen molar-refractivity contribution >= 4 is 34.3 Å². The Bertz CT molecular complexity index is 1180. The Morgan fingerprint density at radius 3 is 2.77 bits per heavy atom. The number of carbonyl (C=O) groups is 3. The monoisotopic (exact) mass is 420 g/mol. The average molecular weight is 420 g/mol. The summed E-state index contributed by atoms with van der Waals surface area (Å²) in [5, 5.41) is 0.782. The maximum atomic E-state index is 12.5. The van der Waals surface area contributed by atoms with Crippen molar-refractivity contribution in [2.45, 2.75) is 6.42 Å². The maximum absolute atomic E-state index is 12.5. The number of ketones is 1. The second-order valence-electron chi connectivity index (χ2n) is 7.51. The van der Waals surface area contributed by atoms with Gasteiger partial charge < -0.3 is 24.1 Å². The van der Waals surface area contributed by atoms with Crippen LogP contribution >= 0.6 is 0 Å². The molecule has 3 aromatic rings. The zero-order valence-corrected chi connectivity index (χ0v) is 16.6. The normalized spacial score (nSPS) is 17.7. The highest BCUT2D eigenvalue weighted by molar-refractivity contribution is 6.09. The Morgan fingerprint density at radius 1 is 1.10 bits per heavy atom. The molecule has 0 spiro atoms. The van der Waals surface area contributed by atoms with Gasteiger partial charge in [-0.2, -0.15) is 0 Å². The molecule has 0 unspecified atom stereocenters. The van der Waals surface area contributed by atoms with Gasteiger partial charge in [-0.15, -0.1) is 0 Å². The molecule has 31 heavy (non-hydrogen) atoms. The van der Waals surface area contributed by atoms with Crippen LogP contribution in [0.15, 0.2) is 48.7 Å². The van der Waals surface area contributed by atoms with Gasteiger partial charge in [0.2, 0.25) is 11.7 Å². The molecule has 1 fully saturated rings. The van der Waals surface area contributed by atoms with E-state index in [0.29, 0.717) is 36.0 Å². The second kappa shape index (κ2) is 7.79. The summed E-state index contributed by atoms with van der Waals surface area (Å²) in [7, 11) is 0. The number of amides is 1. The van der Waals surface area contributed by atoms with Crippen molar-refractivity contribution in [1.82, 2.24) is 4.98 Å². The quantitative estimate of drug-likeness (QED) is 0.504. The molecule has 1 amide bonds. The van der Waals surface area contributed by atoms with Crippen LogP contribution in [0.3, 0.4) is 0 Å². The smallest absolute Gasteiger partial charge is 0.311 e. The number of nitrogens with one attached hydrogen (secondary N) is 1. The lowest BCUT2D eigenvalue weighted by atomic mass is 10.1. The minimum absolute atomic E-state index is 0.0363. The highest BCUT2D eigenvalue weighted by Gasteiger charge is 2.37. The molecule has 0 bridgehead atoms. The van der Waals surface area contributed by atoms with Gasteiger partial charge in [0.1, 0.15) is 13.2 Å². The topological polar surface area (TPSA) is 97.9 Å². The molecular formula is C23H20N2O6. The number of Topliss-reactive ketones (excluding diaryl/α,β-unsaturated/α-hetero) is 1. The van der Waals surface area contributed by atoms with E-state index in [4.69, 9.17) is 14.2 Å². The number of nitrogens with zero attached hydrogens (tertiary/aromatic N) is 1. The highest BCUT2D eigenvalue weighted by atomic mass is 16.6. The lowest BCUT2D eigenvalue weighted by Crippen LogP contribution is -2.27. The Morgan fingerprint density at radius 2 is 1.90 bits per heavy atom. The molecule has 0 saturated carbocycles. The Labute approximate surface area is 177 Å². The van der Waals surface area contributed by atoms with Gasteiger partial charge in [0, 0.05) is 47.4 Å². The third kappa shape index (κ3) is 3.61. The molecule has 8 heteroatoms. The number of ether oxygens (including phenoxy) is 3. The summed E-state index contributed by atoms with van der Waals surface area (Å²) in [4.78, 5) is 42.1. The first-order valence-electron chi connectivity index (χ1n) is 10.1. The summed E-state index contributed by atoms with van der Waals surface area (Å²) in [6.45, 7) is 0.762. The standard InChI is InChI=1S/C23H20N2O6/c26-19(17-11-24-18-4-2-1-3-16(17)18)13-31-23(28)14-9-22(27)25(12-14)15-5-6-20-21(10-15)30-8-7-29-20/h1-6,10-11,14,24H,7-9,12-13H2/t14-/m1/s1. The third-order valence-electron chi connectivity index (χ3n) is 5.53. The fourth-order valence-corrected chi connectivity index (χ4v) is 3.95. The predicted molar refractivity (Wildman–Crippen MR) is 111 cm³/mol. The number of para-hydroxylation sites is 1. The number of hydrogen-bond acceptors (Lipinski definition) is 6. The van der Waals surface area contributed by atoms with E-state index in [9.17, 15) is 14.4 Å². The number of H-pyrrole nitrogens is 1. The van der Waals surface area contributed by atoms with Crippen LogP contribution in [0, 0.1) is 5.92 Å². The number of anilines is 1. The van der Waals surface area contributed by atoms with Crippen molar-refractivity contribution < 1.29 is 28.6 Å². The van der Waals surface area contributed by atoms with Crippen LogP contribution in [-0.4, -0.2) is 49.0 Å². The Hall–Kier alpha value is -3.81. The number of rotatable bonds is 5. The lowest BCUT2D eigenvalue weighted by molar-refractivity contribution is -0.147. The molecular weight excluding hydrogens is 400 g/mol. The first-order chi connectivity index (χ1) is 15.1. The first-order valence-corrected chi connectivity index (χ1v) is 10.1. The van der Waals surface area contributed by atoms with E-state index in [-0.39, 0.29) is 31.3 Å². The van der Waals surface area contributed by atoms with Crippen LogP contribution in [0.1, 0.15) is 16.8 Å². The molecule has 0 radical (unpaired) electrons. The molecule has 3 heterocycles. The van der Waals surface area contributed by atoms with Gasteiger partial charge >= 0.3 is 5.97 Å². The molecule has 2 aliphatic rings. The SMILES string of the molecule is O=C(COC(=O)[C@@H]1CC(=O)N(c2ccc3c(c2)OCCO3)C1)c1c[nH]c2ccccc12. The van der Waals surface area contributed by atoms with Crippen molar-refractivity contribution in [3.63, 3.8) is 0 Å². The zero-order valence-electron chi connectivity index (χ0n) is 16.6. The highest BCUT2D eigenvalue weighted by Crippen LogP contribution is 2.36. The van der Waals surface area contributed by atoms with E-state index in [0.717, 1.165) is 10.9 Å². The van der Waals surface area contributed by atoms with Gasteiger partial charge in [-0.05, 0) is 18.2 Å². The molecule has 8 nitrogen and oxygen atoms in total. The summed E-state index contributed by atoms with van der Waals surface area (Å²) < 4.78 is 16.3. The summed E-state index contributed by atoms with van der Waals surface area (Å²) >= 11 is 0. The van der Waals surface area contributed by atoms with Crippen LogP contribution in [-0.2, 0) is 14.3 Å². The fraction of sp³-hybridized carbons (Fsp3) is 0.261. The third-order valence-corrected chi connectivity index (χ3v) is 5.53. The Balaban J connectivity index is 1.23. The number of fused-ring (bicyclic) bond motifs is 2. The van der Waals surface area contributed by atoms with Gasteiger partial charge in [0.15, 0.2) is 18.1 Å². The predicted octanol–water partition coefficient (Wildman–Crippen LogP) is 2.72. The molecule has 1 aromatic heterocycles. The van der Waals surface area contributed by atoms with Crippen molar-refractivity contribution in [3.05, 3.63) is 54.2 Å². The first kappa shape index (κ1) is 19.2. The van der Waals surface area contributed by atoms with Crippen molar-refractivity contribution in [3.8, 4) is 11.5 Å². The van der Waals surface area contributed by atoms with Crippen molar-refractivity contribution in [2.24, 2.45) is 5.92 Å². The van der Waals surface area contributed by atoms with E-state index in [1.807, 2.05) is 24.3 Å². The maximum Gasteiger partial charge on any atom is 0.311 e. The largest absolute Gasteiger partial charge is 0.486 e. The van der Waals surface area contributed by atoms with Crippen LogP contribution in [0.5, 0.6) is 11.5 Å². The zero-order chi connectivity index (χ0) is 21.4. The number of benzene rings is 2. The lowest BCUT2D eigenvalue weighted by Gasteiger charge is -2.22.